The van der Waals surface area contributed by atoms with Crippen molar-refractivity contribution >= 4 is 23.2 Å². The van der Waals surface area contributed by atoms with Crippen molar-refractivity contribution in [2.75, 3.05) is 25.0 Å². The molecule has 0 aromatic heterocycles. The van der Waals surface area contributed by atoms with Gasteiger partial charge in [0.25, 0.3) is 5.90 Å². The van der Waals surface area contributed by atoms with Crippen LogP contribution >= 0.6 is 11.6 Å². The average molecular weight is 280 g/mol. The zero-order valence-electron chi connectivity index (χ0n) is 10.2. The molecule has 0 atom stereocenters. The van der Waals surface area contributed by atoms with Crippen molar-refractivity contribution in [3.05, 3.63) is 40.1 Å². The third kappa shape index (κ3) is 2.27. The van der Waals surface area contributed by atoms with Gasteiger partial charge >= 0.3 is 0 Å². The summed E-state index contributed by atoms with van der Waals surface area (Å²) in [5, 5.41) is 28.5. The van der Waals surface area contributed by atoms with Crippen molar-refractivity contribution in [1.82, 2.24) is 5.01 Å². The molecule has 1 aromatic carbocycles. The van der Waals surface area contributed by atoms with Crippen LogP contribution in [0.1, 0.15) is 5.56 Å². The Kier molecular flexibility index (Phi) is 3.08. The first-order valence-electron chi connectivity index (χ1n) is 6.08. The number of β-amino-alcohol motifs (C(OH)–C–C–N with tert-alkyl or cyclic N) is 1. The Morgan fingerprint density at radius 1 is 1.42 bits per heavy atom. The highest BCUT2D eigenvalue weighted by Crippen LogP contribution is 2.32. The first-order chi connectivity index (χ1) is 9.17. The van der Waals surface area contributed by atoms with Crippen molar-refractivity contribution in [2.45, 2.75) is 6.42 Å². The second kappa shape index (κ2) is 4.75. The van der Waals surface area contributed by atoms with Crippen LogP contribution in [0.2, 0.25) is 5.02 Å². The second-order valence-corrected chi connectivity index (χ2v) is 5.05. The Morgan fingerprint density at radius 2 is 2.26 bits per heavy atom. The van der Waals surface area contributed by atoms with Gasteiger partial charge in [0.05, 0.1) is 19.7 Å². The highest BCUT2D eigenvalue weighted by atomic mass is 35.5. The molecule has 0 saturated heterocycles. The lowest BCUT2D eigenvalue weighted by Crippen LogP contribution is -2.35. The first-order valence-corrected chi connectivity index (χ1v) is 6.46. The van der Waals surface area contributed by atoms with E-state index in [1.165, 1.54) is 0 Å². The number of nitrogens with one attached hydrogen (secondary N) is 1. The molecule has 3 N–H and O–H groups in total. The molecule has 0 bridgehead atoms. The lowest BCUT2D eigenvalue weighted by atomic mass is 9.96. The Hall–Kier alpha value is -1.72. The van der Waals surface area contributed by atoms with Gasteiger partial charge in [-0.25, -0.2) is 0 Å². The molecular formula is C13H14ClN3O2. The number of fused-ring (bicyclic) bond motifs is 1. The van der Waals surface area contributed by atoms with E-state index >= 15 is 0 Å². The van der Waals surface area contributed by atoms with Crippen LogP contribution in [0.4, 0.5) is 5.69 Å². The fourth-order valence-electron chi connectivity index (χ4n) is 2.39. The Balaban J connectivity index is 1.91. The molecule has 6 heteroatoms. The maximum absolute atomic E-state index is 9.97. The van der Waals surface area contributed by atoms with Crippen LogP contribution in [-0.4, -0.2) is 40.8 Å². The van der Waals surface area contributed by atoms with E-state index in [4.69, 9.17) is 16.7 Å². The molecule has 0 amide bonds. The highest BCUT2D eigenvalue weighted by Gasteiger charge is 2.26. The number of rotatable bonds is 2. The van der Waals surface area contributed by atoms with Gasteiger partial charge in [0.1, 0.15) is 5.70 Å². The summed E-state index contributed by atoms with van der Waals surface area (Å²) < 4.78 is 0. The van der Waals surface area contributed by atoms with E-state index in [0.717, 1.165) is 23.2 Å². The topological polar surface area (TPSA) is 68.1 Å². The van der Waals surface area contributed by atoms with Crippen LogP contribution < -0.4 is 5.32 Å². The fraction of sp³-hybridized carbons (Fsp3) is 0.308. The smallest absolute Gasteiger partial charge is 0.252 e. The molecule has 0 radical (unpaired) electrons. The monoisotopic (exact) mass is 279 g/mol. The third-order valence-corrected chi connectivity index (χ3v) is 3.52. The minimum atomic E-state index is -0.0414. The molecule has 0 aliphatic carbocycles. The summed E-state index contributed by atoms with van der Waals surface area (Å²) in [6, 6.07) is 5.68. The van der Waals surface area contributed by atoms with Crippen molar-refractivity contribution < 1.29 is 10.2 Å². The summed E-state index contributed by atoms with van der Waals surface area (Å²) in [6.45, 7) is 1.03. The zero-order valence-corrected chi connectivity index (χ0v) is 11.0. The van der Waals surface area contributed by atoms with Crippen LogP contribution in [-0.2, 0) is 6.42 Å². The van der Waals surface area contributed by atoms with Gasteiger partial charge in [-0.2, -0.15) is 0 Å². The predicted molar refractivity (Wildman–Crippen MR) is 74.5 cm³/mol. The van der Waals surface area contributed by atoms with E-state index in [-0.39, 0.29) is 12.5 Å². The molecule has 0 spiro atoms. The van der Waals surface area contributed by atoms with Crippen molar-refractivity contribution in [3.63, 3.8) is 0 Å². The molecule has 5 nitrogen and oxygen atoms in total. The lowest BCUT2D eigenvalue weighted by Gasteiger charge is -2.31. The number of benzene rings is 1. The number of hydrogen-bond donors (Lipinski definition) is 3. The Bertz CT molecular complexity index is 583. The molecule has 19 heavy (non-hydrogen) atoms. The van der Waals surface area contributed by atoms with Crippen molar-refractivity contribution in [2.24, 2.45) is 5.10 Å². The van der Waals surface area contributed by atoms with Gasteiger partial charge in [0.15, 0.2) is 0 Å². The maximum Gasteiger partial charge on any atom is 0.252 e. The summed E-state index contributed by atoms with van der Waals surface area (Å²) in [6.07, 6.45) is 0.746. The quantitative estimate of drug-likeness (QED) is 0.771. The lowest BCUT2D eigenvalue weighted by molar-refractivity contribution is 0.204. The van der Waals surface area contributed by atoms with E-state index in [9.17, 15) is 5.11 Å². The van der Waals surface area contributed by atoms with E-state index in [1.807, 2.05) is 18.2 Å². The summed E-state index contributed by atoms with van der Waals surface area (Å²) in [4.78, 5) is 0. The number of halogens is 1. The Labute approximate surface area is 115 Å². The van der Waals surface area contributed by atoms with Gasteiger partial charge in [-0.1, -0.05) is 17.7 Å². The van der Waals surface area contributed by atoms with E-state index in [1.54, 1.807) is 5.01 Å². The highest BCUT2D eigenvalue weighted by molar-refractivity contribution is 6.30. The van der Waals surface area contributed by atoms with Gasteiger partial charge in [-0.15, -0.1) is 5.10 Å². The molecular weight excluding hydrogens is 266 g/mol. The Morgan fingerprint density at radius 3 is 3.05 bits per heavy atom. The molecule has 2 heterocycles. The maximum atomic E-state index is 9.97. The average Bonchev–Trinajstić information content (AvgIpc) is 2.37. The van der Waals surface area contributed by atoms with Gasteiger partial charge in [0.2, 0.25) is 0 Å². The van der Waals surface area contributed by atoms with Gasteiger partial charge < -0.3 is 15.5 Å². The number of aliphatic hydroxyl groups excluding tert-OH is 2. The molecule has 0 saturated carbocycles. The number of hydrazone groups is 1. The number of anilines is 1. The number of nitrogens with zero attached hydrogens (tertiary/aromatic N) is 2. The zero-order chi connectivity index (χ0) is 13.4. The van der Waals surface area contributed by atoms with Crippen LogP contribution in [0.5, 0.6) is 0 Å². The van der Waals surface area contributed by atoms with Crippen LogP contribution in [0.25, 0.3) is 0 Å². The molecule has 0 unspecified atom stereocenters. The molecule has 1 aromatic rings. The standard InChI is InChI=1S/C13H14ClN3O2/c14-10-2-1-8-5-9-7-17(3-4-18)16-13(19)12(9)15-11(8)6-10/h1-2,6,15,18H,3-5,7H2,(H,16,19). The van der Waals surface area contributed by atoms with Gasteiger partial charge in [-0.05, 0) is 29.7 Å². The largest absolute Gasteiger partial charge is 0.491 e. The number of aliphatic hydroxyl groups is 2. The van der Waals surface area contributed by atoms with Gasteiger partial charge in [-0.3, -0.25) is 5.01 Å². The van der Waals surface area contributed by atoms with E-state index < -0.39 is 0 Å². The SMILES string of the molecule is OCCN1CC2=C(Nc3cc(Cl)ccc3C2)C(O)=N1. The normalized spacial score (nSPS) is 17.6. The van der Waals surface area contributed by atoms with Gasteiger partial charge in [0, 0.05) is 10.7 Å². The molecule has 2 aliphatic rings. The van der Waals surface area contributed by atoms with Crippen molar-refractivity contribution in [1.29, 1.82) is 0 Å². The number of hydrogen-bond acceptors (Lipinski definition) is 4. The van der Waals surface area contributed by atoms with Crippen LogP contribution in [0.3, 0.4) is 0 Å². The third-order valence-electron chi connectivity index (χ3n) is 3.28. The van der Waals surface area contributed by atoms with Crippen molar-refractivity contribution in [3.8, 4) is 0 Å². The summed E-state index contributed by atoms with van der Waals surface area (Å²) in [5.74, 6) is -0.0414. The van der Waals surface area contributed by atoms with Crippen LogP contribution in [0.15, 0.2) is 34.6 Å². The summed E-state index contributed by atoms with van der Waals surface area (Å²) >= 11 is 5.97. The fourth-order valence-corrected chi connectivity index (χ4v) is 2.57. The molecule has 100 valence electrons. The van der Waals surface area contributed by atoms with E-state index in [0.29, 0.717) is 23.8 Å². The second-order valence-electron chi connectivity index (χ2n) is 4.62. The summed E-state index contributed by atoms with van der Waals surface area (Å²) in [7, 11) is 0. The van der Waals surface area contributed by atoms with E-state index in [2.05, 4.69) is 10.4 Å². The molecule has 2 aliphatic heterocycles. The molecule has 0 fully saturated rings. The minimum absolute atomic E-state index is 0.0129. The summed E-state index contributed by atoms with van der Waals surface area (Å²) in [5.41, 5.74) is 3.77. The minimum Gasteiger partial charge on any atom is -0.491 e. The van der Waals surface area contributed by atoms with Crippen LogP contribution in [0, 0.1) is 0 Å². The predicted octanol–water partition coefficient (Wildman–Crippen LogP) is 1.74. The molecule has 3 rings (SSSR count). The first kappa shape index (κ1) is 12.3.